The summed E-state index contributed by atoms with van der Waals surface area (Å²) in [5.74, 6) is 1.83. The largest absolute Gasteiger partial charge is 0.326 e. The first-order valence-electron chi connectivity index (χ1n) is 6.70. The lowest BCUT2D eigenvalue weighted by Gasteiger charge is -2.20. The lowest BCUT2D eigenvalue weighted by atomic mass is 9.88. The maximum atomic E-state index is 12.2. The maximum Gasteiger partial charge on any atom is 0.227 e. The molecule has 2 bridgehead atoms. The number of anilines is 1. The normalized spacial score (nSPS) is 29.6. The summed E-state index contributed by atoms with van der Waals surface area (Å²) in [4.78, 5) is 12.2. The molecule has 18 heavy (non-hydrogen) atoms. The van der Waals surface area contributed by atoms with Gasteiger partial charge >= 0.3 is 0 Å². The lowest BCUT2D eigenvalue weighted by Crippen LogP contribution is -2.27. The second-order valence-electron chi connectivity index (χ2n) is 5.73. The van der Waals surface area contributed by atoms with Crippen LogP contribution in [0.15, 0.2) is 18.2 Å². The Hall–Kier alpha value is -1.02. The SMILES string of the molecule is Cc1ccc(NC(=O)C2CC3CCC2C3)cc1Cl. The lowest BCUT2D eigenvalue weighted by molar-refractivity contribution is -0.121. The Morgan fingerprint density at radius 3 is 2.78 bits per heavy atom. The Bertz CT molecular complexity index is 485. The van der Waals surface area contributed by atoms with Crippen LogP contribution in [0.3, 0.4) is 0 Å². The van der Waals surface area contributed by atoms with Gasteiger partial charge in [0, 0.05) is 16.6 Å². The minimum atomic E-state index is 0.183. The van der Waals surface area contributed by atoms with Crippen molar-refractivity contribution >= 4 is 23.2 Å². The minimum absolute atomic E-state index is 0.183. The van der Waals surface area contributed by atoms with Crippen LogP contribution in [0.1, 0.15) is 31.2 Å². The van der Waals surface area contributed by atoms with Crippen LogP contribution in [-0.2, 0) is 4.79 Å². The van der Waals surface area contributed by atoms with Crippen molar-refractivity contribution in [3.05, 3.63) is 28.8 Å². The van der Waals surface area contributed by atoms with Gasteiger partial charge in [-0.15, -0.1) is 0 Å². The number of rotatable bonds is 2. The van der Waals surface area contributed by atoms with Crippen molar-refractivity contribution in [3.63, 3.8) is 0 Å². The number of aryl methyl sites for hydroxylation is 1. The molecule has 3 unspecified atom stereocenters. The topological polar surface area (TPSA) is 29.1 Å². The summed E-state index contributed by atoms with van der Waals surface area (Å²) in [7, 11) is 0. The first-order valence-corrected chi connectivity index (χ1v) is 7.08. The monoisotopic (exact) mass is 263 g/mol. The zero-order valence-corrected chi connectivity index (χ0v) is 11.3. The van der Waals surface area contributed by atoms with Crippen molar-refractivity contribution in [2.45, 2.75) is 32.6 Å². The molecule has 96 valence electrons. The number of amides is 1. The van der Waals surface area contributed by atoms with Gasteiger partial charge in [-0.25, -0.2) is 0 Å². The fourth-order valence-corrected chi connectivity index (χ4v) is 3.65. The molecule has 0 spiro atoms. The number of benzene rings is 1. The standard InChI is InChI=1S/C15H18ClNO/c1-9-2-5-12(8-14(9)16)17-15(18)13-7-10-3-4-11(13)6-10/h2,5,8,10-11,13H,3-4,6-7H2,1H3,(H,17,18). The predicted octanol–water partition coefficient (Wildman–Crippen LogP) is 4.02. The molecule has 0 radical (unpaired) electrons. The van der Waals surface area contributed by atoms with E-state index >= 15 is 0 Å². The highest BCUT2D eigenvalue weighted by atomic mass is 35.5. The smallest absolute Gasteiger partial charge is 0.227 e. The Kier molecular flexibility index (Phi) is 3.06. The van der Waals surface area contributed by atoms with Gasteiger partial charge in [0.25, 0.3) is 0 Å². The summed E-state index contributed by atoms with van der Waals surface area (Å²) in [6.45, 7) is 1.96. The van der Waals surface area contributed by atoms with E-state index in [9.17, 15) is 4.79 Å². The van der Waals surface area contributed by atoms with Crippen molar-refractivity contribution in [2.75, 3.05) is 5.32 Å². The molecule has 2 nitrogen and oxygen atoms in total. The van der Waals surface area contributed by atoms with Crippen LogP contribution in [-0.4, -0.2) is 5.91 Å². The van der Waals surface area contributed by atoms with Gasteiger partial charge in [0.15, 0.2) is 0 Å². The highest BCUT2D eigenvalue weighted by molar-refractivity contribution is 6.31. The molecule has 2 aliphatic rings. The molecular formula is C15H18ClNO. The molecule has 3 heteroatoms. The number of carbonyl (C=O) groups excluding carboxylic acids is 1. The average molecular weight is 264 g/mol. The first-order chi connectivity index (χ1) is 8.63. The summed E-state index contributed by atoms with van der Waals surface area (Å²) < 4.78 is 0. The van der Waals surface area contributed by atoms with Crippen LogP contribution in [0.2, 0.25) is 5.02 Å². The highest BCUT2D eigenvalue weighted by Crippen LogP contribution is 2.48. The fourth-order valence-electron chi connectivity index (χ4n) is 3.47. The molecule has 1 aromatic rings. The molecule has 1 amide bonds. The van der Waals surface area contributed by atoms with Gasteiger partial charge in [0.05, 0.1) is 0 Å². The molecule has 2 aliphatic carbocycles. The minimum Gasteiger partial charge on any atom is -0.326 e. The van der Waals surface area contributed by atoms with Crippen LogP contribution in [0, 0.1) is 24.7 Å². The number of fused-ring (bicyclic) bond motifs is 2. The van der Waals surface area contributed by atoms with E-state index in [0.717, 1.165) is 23.6 Å². The van der Waals surface area contributed by atoms with Crippen LogP contribution < -0.4 is 5.32 Å². The summed E-state index contributed by atoms with van der Waals surface area (Å²) >= 11 is 6.07. The van der Waals surface area contributed by atoms with E-state index in [0.29, 0.717) is 10.9 Å². The van der Waals surface area contributed by atoms with Gasteiger partial charge < -0.3 is 5.32 Å². The number of carbonyl (C=O) groups is 1. The highest BCUT2D eigenvalue weighted by Gasteiger charge is 2.42. The third kappa shape index (κ3) is 2.14. The third-order valence-electron chi connectivity index (χ3n) is 4.51. The summed E-state index contributed by atoms with van der Waals surface area (Å²) in [6, 6.07) is 5.70. The predicted molar refractivity (Wildman–Crippen MR) is 73.8 cm³/mol. The molecule has 3 atom stereocenters. The first kappa shape index (κ1) is 12.0. The molecule has 2 fully saturated rings. The summed E-state index contributed by atoms with van der Waals surface area (Å²) in [5, 5.41) is 3.72. The third-order valence-corrected chi connectivity index (χ3v) is 4.92. The summed E-state index contributed by atoms with van der Waals surface area (Å²) in [6.07, 6.45) is 4.89. The average Bonchev–Trinajstić information content (AvgIpc) is 2.96. The van der Waals surface area contributed by atoms with E-state index in [1.807, 2.05) is 25.1 Å². The number of nitrogens with one attached hydrogen (secondary N) is 1. The van der Waals surface area contributed by atoms with E-state index in [-0.39, 0.29) is 11.8 Å². The zero-order valence-electron chi connectivity index (χ0n) is 10.6. The van der Waals surface area contributed by atoms with Gasteiger partial charge in [0.2, 0.25) is 5.91 Å². The number of hydrogen-bond donors (Lipinski definition) is 1. The molecular weight excluding hydrogens is 246 g/mol. The molecule has 1 N–H and O–H groups in total. The van der Waals surface area contributed by atoms with Crippen LogP contribution >= 0.6 is 11.6 Å². The molecule has 3 rings (SSSR count). The maximum absolute atomic E-state index is 12.2. The van der Waals surface area contributed by atoms with Gasteiger partial charge in [0.1, 0.15) is 0 Å². The Morgan fingerprint density at radius 2 is 2.17 bits per heavy atom. The molecule has 2 saturated carbocycles. The number of halogens is 1. The van der Waals surface area contributed by atoms with Crippen LogP contribution in [0.25, 0.3) is 0 Å². The Labute approximate surface area is 113 Å². The van der Waals surface area contributed by atoms with Crippen LogP contribution in [0.5, 0.6) is 0 Å². The Balaban J connectivity index is 1.69. The van der Waals surface area contributed by atoms with Gasteiger partial charge in [-0.2, -0.15) is 0 Å². The Morgan fingerprint density at radius 1 is 1.33 bits per heavy atom. The number of hydrogen-bond acceptors (Lipinski definition) is 1. The van der Waals surface area contributed by atoms with Crippen molar-refractivity contribution in [2.24, 2.45) is 17.8 Å². The molecule has 0 saturated heterocycles. The van der Waals surface area contributed by atoms with E-state index in [4.69, 9.17) is 11.6 Å². The van der Waals surface area contributed by atoms with Crippen molar-refractivity contribution in [3.8, 4) is 0 Å². The van der Waals surface area contributed by atoms with Gasteiger partial charge in [-0.3, -0.25) is 4.79 Å². The second kappa shape index (κ2) is 4.58. The van der Waals surface area contributed by atoms with Gasteiger partial charge in [-0.05, 0) is 55.7 Å². The summed E-state index contributed by atoms with van der Waals surface area (Å²) in [5.41, 5.74) is 1.85. The van der Waals surface area contributed by atoms with Crippen LogP contribution in [0.4, 0.5) is 5.69 Å². The molecule has 0 aliphatic heterocycles. The van der Waals surface area contributed by atoms with Crippen molar-refractivity contribution < 1.29 is 4.79 Å². The fraction of sp³-hybridized carbons (Fsp3) is 0.533. The van der Waals surface area contributed by atoms with E-state index < -0.39 is 0 Å². The molecule has 0 heterocycles. The quantitative estimate of drug-likeness (QED) is 0.858. The van der Waals surface area contributed by atoms with E-state index in [1.165, 1.54) is 19.3 Å². The van der Waals surface area contributed by atoms with E-state index in [1.54, 1.807) is 0 Å². The molecule has 1 aromatic carbocycles. The second-order valence-corrected chi connectivity index (χ2v) is 6.14. The van der Waals surface area contributed by atoms with Crippen molar-refractivity contribution in [1.29, 1.82) is 0 Å². The zero-order chi connectivity index (χ0) is 12.7. The van der Waals surface area contributed by atoms with Gasteiger partial charge in [-0.1, -0.05) is 24.1 Å². The molecule has 0 aromatic heterocycles. The van der Waals surface area contributed by atoms with Crippen molar-refractivity contribution in [1.82, 2.24) is 0 Å². The van der Waals surface area contributed by atoms with E-state index in [2.05, 4.69) is 5.32 Å².